The molecule has 3 heteroatoms. The predicted octanol–water partition coefficient (Wildman–Crippen LogP) is 1.22. The van der Waals surface area contributed by atoms with Crippen LogP contribution in [0.3, 0.4) is 0 Å². The van der Waals surface area contributed by atoms with Crippen LogP contribution in [-0.2, 0) is 0 Å². The fourth-order valence-corrected chi connectivity index (χ4v) is 1.91. The Bertz CT molecular complexity index is 171. The Labute approximate surface area is 93.9 Å². The van der Waals surface area contributed by atoms with Gasteiger partial charge < -0.3 is 15.3 Å². The SMILES string of the molecule is CCCC(C)N(C)CC(CO)NC1CC1. The normalized spacial score (nSPS) is 20.6. The van der Waals surface area contributed by atoms with Gasteiger partial charge in [-0.25, -0.2) is 0 Å². The Morgan fingerprint density at radius 3 is 2.60 bits per heavy atom. The van der Waals surface area contributed by atoms with Crippen LogP contribution in [0.25, 0.3) is 0 Å². The highest BCUT2D eigenvalue weighted by Crippen LogP contribution is 2.19. The van der Waals surface area contributed by atoms with Gasteiger partial charge in [-0.1, -0.05) is 13.3 Å². The smallest absolute Gasteiger partial charge is 0.0597 e. The average molecular weight is 214 g/mol. The molecule has 0 bridgehead atoms. The number of hydrogen-bond acceptors (Lipinski definition) is 3. The molecule has 1 aliphatic rings. The van der Waals surface area contributed by atoms with Crippen LogP contribution in [0.2, 0.25) is 0 Å². The topological polar surface area (TPSA) is 35.5 Å². The van der Waals surface area contributed by atoms with Crippen molar-refractivity contribution in [3.8, 4) is 0 Å². The van der Waals surface area contributed by atoms with E-state index in [1.807, 2.05) is 0 Å². The summed E-state index contributed by atoms with van der Waals surface area (Å²) in [5.74, 6) is 0. The van der Waals surface area contributed by atoms with E-state index in [9.17, 15) is 5.11 Å². The second-order valence-corrected chi connectivity index (χ2v) is 4.90. The Morgan fingerprint density at radius 1 is 1.47 bits per heavy atom. The van der Waals surface area contributed by atoms with Crippen molar-refractivity contribution in [1.82, 2.24) is 10.2 Å². The van der Waals surface area contributed by atoms with E-state index in [-0.39, 0.29) is 12.6 Å². The summed E-state index contributed by atoms with van der Waals surface area (Å²) in [5, 5.41) is 12.8. The molecule has 0 saturated heterocycles. The first kappa shape index (κ1) is 12.9. The van der Waals surface area contributed by atoms with Gasteiger partial charge in [0.25, 0.3) is 0 Å². The molecule has 15 heavy (non-hydrogen) atoms. The molecule has 1 saturated carbocycles. The summed E-state index contributed by atoms with van der Waals surface area (Å²) in [7, 11) is 2.15. The molecule has 0 radical (unpaired) electrons. The lowest BCUT2D eigenvalue weighted by molar-refractivity contribution is 0.169. The molecule has 0 aromatic carbocycles. The third-order valence-electron chi connectivity index (χ3n) is 3.24. The number of aliphatic hydroxyl groups is 1. The standard InChI is InChI=1S/C12H26N2O/c1-4-5-10(2)14(3)8-12(9-15)13-11-6-7-11/h10-13,15H,4-9H2,1-3H3. The molecule has 1 fully saturated rings. The molecule has 0 aromatic heterocycles. The van der Waals surface area contributed by atoms with Gasteiger partial charge in [-0.3, -0.25) is 0 Å². The summed E-state index contributed by atoms with van der Waals surface area (Å²) < 4.78 is 0. The zero-order valence-corrected chi connectivity index (χ0v) is 10.4. The van der Waals surface area contributed by atoms with Crippen molar-refractivity contribution in [3.63, 3.8) is 0 Å². The minimum atomic E-state index is 0.250. The number of nitrogens with zero attached hydrogens (tertiary/aromatic N) is 1. The lowest BCUT2D eigenvalue weighted by Crippen LogP contribution is -2.45. The Hall–Kier alpha value is -0.120. The molecule has 0 aromatic rings. The third-order valence-corrected chi connectivity index (χ3v) is 3.24. The highest BCUT2D eigenvalue weighted by atomic mass is 16.3. The second kappa shape index (κ2) is 6.46. The zero-order valence-electron chi connectivity index (χ0n) is 10.4. The molecule has 0 heterocycles. The summed E-state index contributed by atoms with van der Waals surface area (Å²) in [5.41, 5.74) is 0. The van der Waals surface area contributed by atoms with E-state index in [4.69, 9.17) is 0 Å². The van der Waals surface area contributed by atoms with Gasteiger partial charge in [-0.2, -0.15) is 0 Å². The van der Waals surface area contributed by atoms with Crippen molar-refractivity contribution in [2.45, 2.75) is 57.7 Å². The van der Waals surface area contributed by atoms with E-state index in [1.165, 1.54) is 25.7 Å². The molecule has 1 rings (SSSR count). The highest BCUT2D eigenvalue weighted by Gasteiger charge is 2.25. The Morgan fingerprint density at radius 2 is 2.13 bits per heavy atom. The molecule has 3 nitrogen and oxygen atoms in total. The van der Waals surface area contributed by atoms with E-state index < -0.39 is 0 Å². The van der Waals surface area contributed by atoms with Gasteiger partial charge in [-0.15, -0.1) is 0 Å². The van der Waals surface area contributed by atoms with E-state index in [0.717, 1.165) is 6.54 Å². The van der Waals surface area contributed by atoms with Gasteiger partial charge in [0.05, 0.1) is 6.61 Å². The molecule has 2 atom stereocenters. The van der Waals surface area contributed by atoms with Gasteiger partial charge in [-0.05, 0) is 33.2 Å². The second-order valence-electron chi connectivity index (χ2n) is 4.90. The predicted molar refractivity (Wildman–Crippen MR) is 64.0 cm³/mol. The molecular weight excluding hydrogens is 188 g/mol. The molecular formula is C12H26N2O. The summed E-state index contributed by atoms with van der Waals surface area (Å²) >= 11 is 0. The lowest BCUT2D eigenvalue weighted by atomic mass is 10.1. The molecule has 0 spiro atoms. The van der Waals surface area contributed by atoms with Crippen LogP contribution in [0.5, 0.6) is 0 Å². The first-order valence-corrected chi connectivity index (χ1v) is 6.24. The first-order chi connectivity index (χ1) is 7.17. The number of nitrogens with one attached hydrogen (secondary N) is 1. The Kier molecular flexibility index (Phi) is 5.58. The number of likely N-dealkylation sites (N-methyl/N-ethyl adjacent to an activating group) is 1. The highest BCUT2D eigenvalue weighted by molar-refractivity contribution is 4.86. The summed E-state index contributed by atoms with van der Waals surface area (Å²) in [4.78, 5) is 2.35. The minimum Gasteiger partial charge on any atom is -0.395 e. The largest absolute Gasteiger partial charge is 0.395 e. The van der Waals surface area contributed by atoms with E-state index >= 15 is 0 Å². The molecule has 2 unspecified atom stereocenters. The maximum Gasteiger partial charge on any atom is 0.0597 e. The van der Waals surface area contributed by atoms with Crippen LogP contribution < -0.4 is 5.32 Å². The number of aliphatic hydroxyl groups excluding tert-OH is 1. The molecule has 90 valence electrons. The van der Waals surface area contributed by atoms with Crippen LogP contribution in [0.1, 0.15) is 39.5 Å². The monoisotopic (exact) mass is 214 g/mol. The fraction of sp³-hybridized carbons (Fsp3) is 1.00. The van der Waals surface area contributed by atoms with Crippen LogP contribution in [0.15, 0.2) is 0 Å². The third kappa shape index (κ3) is 4.96. The molecule has 0 amide bonds. The van der Waals surface area contributed by atoms with Crippen molar-refractivity contribution < 1.29 is 5.11 Å². The van der Waals surface area contributed by atoms with Crippen LogP contribution in [0, 0.1) is 0 Å². The van der Waals surface area contributed by atoms with Crippen molar-refractivity contribution in [3.05, 3.63) is 0 Å². The molecule has 0 aliphatic heterocycles. The maximum absolute atomic E-state index is 9.27. The summed E-state index contributed by atoms with van der Waals surface area (Å²) in [6.45, 7) is 5.68. The van der Waals surface area contributed by atoms with Crippen molar-refractivity contribution in [2.75, 3.05) is 20.2 Å². The molecule has 1 aliphatic carbocycles. The maximum atomic E-state index is 9.27. The van der Waals surface area contributed by atoms with Crippen molar-refractivity contribution >= 4 is 0 Å². The summed E-state index contributed by atoms with van der Waals surface area (Å²) in [6, 6.07) is 1.55. The first-order valence-electron chi connectivity index (χ1n) is 6.24. The van der Waals surface area contributed by atoms with E-state index in [2.05, 4.69) is 31.1 Å². The van der Waals surface area contributed by atoms with E-state index in [0.29, 0.717) is 12.1 Å². The zero-order chi connectivity index (χ0) is 11.3. The van der Waals surface area contributed by atoms with Crippen LogP contribution in [-0.4, -0.2) is 48.3 Å². The minimum absolute atomic E-state index is 0.250. The molecule has 2 N–H and O–H groups in total. The quantitative estimate of drug-likeness (QED) is 0.638. The average Bonchev–Trinajstić information content (AvgIpc) is 3.00. The van der Waals surface area contributed by atoms with Gasteiger partial charge >= 0.3 is 0 Å². The van der Waals surface area contributed by atoms with Gasteiger partial charge in [0.15, 0.2) is 0 Å². The van der Waals surface area contributed by atoms with Gasteiger partial charge in [0, 0.05) is 24.7 Å². The van der Waals surface area contributed by atoms with Gasteiger partial charge in [0.1, 0.15) is 0 Å². The number of rotatable bonds is 8. The van der Waals surface area contributed by atoms with Crippen LogP contribution >= 0.6 is 0 Å². The number of hydrogen-bond donors (Lipinski definition) is 2. The van der Waals surface area contributed by atoms with Crippen molar-refractivity contribution in [2.24, 2.45) is 0 Å². The fourth-order valence-electron chi connectivity index (χ4n) is 1.91. The van der Waals surface area contributed by atoms with E-state index in [1.54, 1.807) is 0 Å². The lowest BCUT2D eigenvalue weighted by Gasteiger charge is -2.28. The van der Waals surface area contributed by atoms with Crippen LogP contribution in [0.4, 0.5) is 0 Å². The van der Waals surface area contributed by atoms with Crippen molar-refractivity contribution in [1.29, 1.82) is 0 Å². The summed E-state index contributed by atoms with van der Waals surface area (Å²) in [6.07, 6.45) is 5.03. The Balaban J connectivity index is 2.22. The van der Waals surface area contributed by atoms with Gasteiger partial charge in [0.2, 0.25) is 0 Å².